The number of esters is 1. The number of hydrogen-bond donors (Lipinski definition) is 1. The van der Waals surface area contributed by atoms with Crippen LogP contribution in [0.4, 0.5) is 5.69 Å². The second-order valence-electron chi connectivity index (χ2n) is 3.25. The van der Waals surface area contributed by atoms with E-state index in [-0.39, 0.29) is 5.97 Å². The Morgan fingerprint density at radius 1 is 1.40 bits per heavy atom. The average Bonchev–Trinajstić information content (AvgIpc) is 2.21. The van der Waals surface area contributed by atoms with Crippen LogP contribution in [0.2, 0.25) is 0 Å². The summed E-state index contributed by atoms with van der Waals surface area (Å²) in [6.07, 6.45) is 0. The maximum atomic E-state index is 11.6. The number of hydrogen-bond acceptors (Lipinski definition) is 3. The molecule has 0 atom stereocenters. The molecule has 0 radical (unpaired) electrons. The molecule has 1 aromatic carbocycles. The molecule has 0 spiro atoms. The highest BCUT2D eigenvalue weighted by Crippen LogP contribution is 2.21. The predicted molar refractivity (Wildman–Crippen MR) is 61.3 cm³/mol. The molecular weight excluding hydrogens is 190 g/mol. The zero-order valence-corrected chi connectivity index (χ0v) is 9.46. The number of para-hydroxylation sites is 1. The van der Waals surface area contributed by atoms with E-state index in [0.717, 1.165) is 17.8 Å². The topological polar surface area (TPSA) is 38.3 Å². The Balaban J connectivity index is 3.04. The molecule has 1 rings (SSSR count). The van der Waals surface area contributed by atoms with Gasteiger partial charge in [-0.1, -0.05) is 12.1 Å². The van der Waals surface area contributed by atoms with Crippen molar-refractivity contribution in [2.24, 2.45) is 0 Å². The minimum Gasteiger partial charge on any atom is -0.462 e. The molecule has 1 N–H and O–H groups in total. The molecule has 3 nitrogen and oxygen atoms in total. The van der Waals surface area contributed by atoms with E-state index in [1.54, 1.807) is 13.0 Å². The summed E-state index contributed by atoms with van der Waals surface area (Å²) in [7, 11) is 0. The standard InChI is InChI=1S/C12H17NO2/c1-4-13-11-9(3)7-6-8-10(11)12(14)15-5-2/h6-8,13H,4-5H2,1-3H3. The molecule has 0 amide bonds. The molecular formula is C12H17NO2. The van der Waals surface area contributed by atoms with E-state index in [4.69, 9.17) is 4.74 Å². The lowest BCUT2D eigenvalue weighted by atomic mass is 10.1. The van der Waals surface area contributed by atoms with Crippen LogP contribution < -0.4 is 5.32 Å². The summed E-state index contributed by atoms with van der Waals surface area (Å²) in [6, 6.07) is 5.62. The fourth-order valence-electron chi connectivity index (χ4n) is 1.46. The zero-order chi connectivity index (χ0) is 11.3. The number of anilines is 1. The van der Waals surface area contributed by atoms with E-state index in [0.29, 0.717) is 12.2 Å². The van der Waals surface area contributed by atoms with Crippen LogP contribution in [-0.4, -0.2) is 19.1 Å². The van der Waals surface area contributed by atoms with Gasteiger partial charge in [0.2, 0.25) is 0 Å². The molecule has 3 heteroatoms. The van der Waals surface area contributed by atoms with Crippen LogP contribution in [0.15, 0.2) is 18.2 Å². The molecule has 0 saturated heterocycles. The second kappa shape index (κ2) is 5.39. The van der Waals surface area contributed by atoms with Crippen LogP contribution in [0, 0.1) is 6.92 Å². The Morgan fingerprint density at radius 3 is 2.73 bits per heavy atom. The fourth-order valence-corrected chi connectivity index (χ4v) is 1.46. The molecule has 0 unspecified atom stereocenters. The summed E-state index contributed by atoms with van der Waals surface area (Å²) in [4.78, 5) is 11.6. The highest BCUT2D eigenvalue weighted by atomic mass is 16.5. The molecule has 0 aliphatic rings. The summed E-state index contributed by atoms with van der Waals surface area (Å²) in [5.74, 6) is -0.267. The third-order valence-corrected chi connectivity index (χ3v) is 2.12. The van der Waals surface area contributed by atoms with Crippen molar-refractivity contribution < 1.29 is 9.53 Å². The van der Waals surface area contributed by atoms with Crippen LogP contribution in [0.3, 0.4) is 0 Å². The number of aryl methyl sites for hydroxylation is 1. The van der Waals surface area contributed by atoms with E-state index in [1.807, 2.05) is 26.0 Å². The first-order valence-electron chi connectivity index (χ1n) is 5.21. The Kier molecular flexibility index (Phi) is 4.16. The molecule has 0 aliphatic carbocycles. The number of nitrogens with one attached hydrogen (secondary N) is 1. The van der Waals surface area contributed by atoms with Gasteiger partial charge in [-0.25, -0.2) is 4.79 Å². The van der Waals surface area contributed by atoms with Crippen LogP contribution in [0.5, 0.6) is 0 Å². The molecule has 82 valence electrons. The van der Waals surface area contributed by atoms with Gasteiger partial charge in [0.1, 0.15) is 0 Å². The predicted octanol–water partition coefficient (Wildman–Crippen LogP) is 2.60. The Bertz CT molecular complexity index is 347. The van der Waals surface area contributed by atoms with Crippen molar-refractivity contribution in [2.75, 3.05) is 18.5 Å². The highest BCUT2D eigenvalue weighted by molar-refractivity contribution is 5.96. The minimum atomic E-state index is -0.267. The third-order valence-electron chi connectivity index (χ3n) is 2.12. The van der Waals surface area contributed by atoms with E-state index in [9.17, 15) is 4.79 Å². The summed E-state index contributed by atoms with van der Waals surface area (Å²) in [6.45, 7) is 6.97. The smallest absolute Gasteiger partial charge is 0.340 e. The number of benzene rings is 1. The van der Waals surface area contributed by atoms with Crippen LogP contribution in [0.25, 0.3) is 0 Å². The third kappa shape index (κ3) is 2.72. The van der Waals surface area contributed by atoms with Crippen molar-refractivity contribution in [1.82, 2.24) is 0 Å². The lowest BCUT2D eigenvalue weighted by molar-refractivity contribution is 0.0527. The van der Waals surface area contributed by atoms with Crippen molar-refractivity contribution in [2.45, 2.75) is 20.8 Å². The van der Waals surface area contributed by atoms with E-state index in [2.05, 4.69) is 5.32 Å². The van der Waals surface area contributed by atoms with Crippen LogP contribution in [-0.2, 0) is 4.74 Å². The number of rotatable bonds is 4. The second-order valence-corrected chi connectivity index (χ2v) is 3.25. The number of carbonyl (C=O) groups excluding carboxylic acids is 1. The first-order chi connectivity index (χ1) is 7.20. The van der Waals surface area contributed by atoms with Gasteiger partial charge in [-0.15, -0.1) is 0 Å². The maximum absolute atomic E-state index is 11.6. The molecule has 0 fully saturated rings. The number of ether oxygens (including phenoxy) is 1. The van der Waals surface area contributed by atoms with E-state index < -0.39 is 0 Å². The van der Waals surface area contributed by atoms with Crippen molar-refractivity contribution in [1.29, 1.82) is 0 Å². The quantitative estimate of drug-likeness (QED) is 0.771. The van der Waals surface area contributed by atoms with Crippen molar-refractivity contribution in [3.05, 3.63) is 29.3 Å². The van der Waals surface area contributed by atoms with Gasteiger partial charge in [0.05, 0.1) is 17.9 Å². The summed E-state index contributed by atoms with van der Waals surface area (Å²) in [5, 5.41) is 3.18. The van der Waals surface area contributed by atoms with Gasteiger partial charge >= 0.3 is 5.97 Å². The SMILES string of the molecule is CCNc1c(C)cccc1C(=O)OCC. The summed E-state index contributed by atoms with van der Waals surface area (Å²) in [5.41, 5.74) is 2.54. The van der Waals surface area contributed by atoms with Gasteiger partial charge in [-0.2, -0.15) is 0 Å². The fraction of sp³-hybridized carbons (Fsp3) is 0.417. The molecule has 0 bridgehead atoms. The van der Waals surface area contributed by atoms with Crippen molar-refractivity contribution >= 4 is 11.7 Å². The van der Waals surface area contributed by atoms with E-state index >= 15 is 0 Å². The van der Waals surface area contributed by atoms with Crippen molar-refractivity contribution in [3.8, 4) is 0 Å². The van der Waals surface area contributed by atoms with Gasteiger partial charge in [0.15, 0.2) is 0 Å². The molecule has 15 heavy (non-hydrogen) atoms. The molecule has 0 aromatic heterocycles. The molecule has 0 heterocycles. The largest absolute Gasteiger partial charge is 0.462 e. The Labute approximate surface area is 90.4 Å². The van der Waals surface area contributed by atoms with E-state index in [1.165, 1.54) is 0 Å². The monoisotopic (exact) mass is 207 g/mol. The Morgan fingerprint density at radius 2 is 2.13 bits per heavy atom. The summed E-state index contributed by atoms with van der Waals surface area (Å²) < 4.78 is 4.99. The average molecular weight is 207 g/mol. The first-order valence-corrected chi connectivity index (χ1v) is 5.21. The zero-order valence-electron chi connectivity index (χ0n) is 9.46. The number of carbonyl (C=O) groups is 1. The minimum absolute atomic E-state index is 0.267. The van der Waals surface area contributed by atoms with Crippen LogP contribution >= 0.6 is 0 Å². The lowest BCUT2D eigenvalue weighted by Crippen LogP contribution is -2.10. The summed E-state index contributed by atoms with van der Waals surface area (Å²) >= 11 is 0. The lowest BCUT2D eigenvalue weighted by Gasteiger charge is -2.12. The normalized spacial score (nSPS) is 9.80. The molecule has 0 aliphatic heterocycles. The molecule has 0 saturated carbocycles. The van der Waals surface area contributed by atoms with Gasteiger partial charge in [0, 0.05) is 6.54 Å². The van der Waals surface area contributed by atoms with Crippen LogP contribution in [0.1, 0.15) is 29.8 Å². The Hall–Kier alpha value is -1.51. The van der Waals surface area contributed by atoms with Gasteiger partial charge in [-0.3, -0.25) is 0 Å². The maximum Gasteiger partial charge on any atom is 0.340 e. The van der Waals surface area contributed by atoms with Gasteiger partial charge in [-0.05, 0) is 32.4 Å². The van der Waals surface area contributed by atoms with Gasteiger partial charge < -0.3 is 10.1 Å². The van der Waals surface area contributed by atoms with Gasteiger partial charge in [0.25, 0.3) is 0 Å². The molecule has 1 aromatic rings. The first kappa shape index (κ1) is 11.6. The van der Waals surface area contributed by atoms with Crippen molar-refractivity contribution in [3.63, 3.8) is 0 Å². The highest BCUT2D eigenvalue weighted by Gasteiger charge is 2.12.